The van der Waals surface area contributed by atoms with Gasteiger partial charge in [-0.2, -0.15) is 5.10 Å². The first-order valence-corrected chi connectivity index (χ1v) is 4.25. The summed E-state index contributed by atoms with van der Waals surface area (Å²) in [7, 11) is 1.50. The lowest BCUT2D eigenvalue weighted by atomic mass is 10.1. The summed E-state index contributed by atoms with van der Waals surface area (Å²) in [4.78, 5) is 22.0. The van der Waals surface area contributed by atoms with Crippen LogP contribution in [0.4, 0.5) is 0 Å². The molecule has 0 aliphatic heterocycles. The Hall–Kier alpha value is -1.65. The molecule has 0 aromatic carbocycles. The van der Waals surface area contributed by atoms with E-state index >= 15 is 0 Å². The molecule has 14 heavy (non-hydrogen) atoms. The van der Waals surface area contributed by atoms with Crippen molar-refractivity contribution in [2.24, 2.45) is 7.05 Å². The third-order valence-electron chi connectivity index (χ3n) is 1.90. The smallest absolute Gasteiger partial charge is 0.337 e. The van der Waals surface area contributed by atoms with E-state index in [1.807, 2.05) is 13.8 Å². The molecule has 0 atom stereocenters. The molecular formula is C9H12N2O3. The fraction of sp³-hybridized carbons (Fsp3) is 0.444. The molecule has 0 fully saturated rings. The Kier molecular flexibility index (Phi) is 2.69. The van der Waals surface area contributed by atoms with Gasteiger partial charge in [-0.05, 0) is 5.92 Å². The fourth-order valence-corrected chi connectivity index (χ4v) is 1.15. The first-order valence-electron chi connectivity index (χ1n) is 4.25. The van der Waals surface area contributed by atoms with E-state index in [4.69, 9.17) is 5.11 Å². The molecule has 0 unspecified atom stereocenters. The number of aryl methyl sites for hydroxylation is 1. The normalized spacial score (nSPS) is 10.6. The lowest BCUT2D eigenvalue weighted by Crippen LogP contribution is -2.24. The third kappa shape index (κ3) is 1.81. The summed E-state index contributed by atoms with van der Waals surface area (Å²) in [5.74, 6) is -1.13. The molecule has 5 nitrogen and oxygen atoms in total. The topological polar surface area (TPSA) is 72.2 Å². The van der Waals surface area contributed by atoms with Gasteiger partial charge in [-0.1, -0.05) is 13.8 Å². The summed E-state index contributed by atoms with van der Waals surface area (Å²) in [6, 6.07) is 1.10. The van der Waals surface area contributed by atoms with Gasteiger partial charge in [0, 0.05) is 13.1 Å². The second kappa shape index (κ2) is 3.61. The average Bonchev–Trinajstić information content (AvgIpc) is 2.08. The molecule has 1 aromatic heterocycles. The van der Waals surface area contributed by atoms with E-state index in [2.05, 4.69) is 5.10 Å². The van der Waals surface area contributed by atoms with E-state index in [0.29, 0.717) is 5.69 Å². The van der Waals surface area contributed by atoms with Gasteiger partial charge in [-0.3, -0.25) is 4.79 Å². The number of nitrogens with zero attached hydrogens (tertiary/aromatic N) is 2. The van der Waals surface area contributed by atoms with Crippen molar-refractivity contribution < 1.29 is 9.90 Å². The van der Waals surface area contributed by atoms with Crippen LogP contribution in [-0.4, -0.2) is 20.9 Å². The number of aromatic nitrogens is 2. The van der Waals surface area contributed by atoms with Crippen molar-refractivity contribution in [2.75, 3.05) is 0 Å². The largest absolute Gasteiger partial charge is 0.478 e. The highest BCUT2D eigenvalue weighted by molar-refractivity contribution is 5.88. The average molecular weight is 196 g/mol. The Morgan fingerprint density at radius 1 is 1.57 bits per heavy atom. The first kappa shape index (κ1) is 10.4. The highest BCUT2D eigenvalue weighted by Crippen LogP contribution is 2.14. The SMILES string of the molecule is CC(C)c1nn(C)c(=O)cc1C(=O)O. The number of hydrogen-bond donors (Lipinski definition) is 1. The maximum atomic E-state index is 11.2. The Balaban J connectivity index is 3.47. The Morgan fingerprint density at radius 3 is 2.57 bits per heavy atom. The van der Waals surface area contributed by atoms with Crippen molar-refractivity contribution in [3.05, 3.63) is 27.7 Å². The predicted octanol–water partition coefficient (Wildman–Crippen LogP) is 0.602. The standard InChI is InChI=1S/C9H12N2O3/c1-5(2)8-6(9(13)14)4-7(12)11(3)10-8/h4-5H,1-3H3,(H,13,14). The van der Waals surface area contributed by atoms with Crippen LogP contribution in [-0.2, 0) is 7.05 Å². The van der Waals surface area contributed by atoms with E-state index in [9.17, 15) is 9.59 Å². The monoisotopic (exact) mass is 196 g/mol. The van der Waals surface area contributed by atoms with Gasteiger partial charge in [-0.25, -0.2) is 9.48 Å². The molecule has 0 saturated heterocycles. The third-order valence-corrected chi connectivity index (χ3v) is 1.90. The predicted molar refractivity (Wildman–Crippen MR) is 50.5 cm³/mol. The second-order valence-electron chi connectivity index (χ2n) is 3.36. The van der Waals surface area contributed by atoms with Crippen molar-refractivity contribution in [2.45, 2.75) is 19.8 Å². The van der Waals surface area contributed by atoms with Gasteiger partial charge in [0.05, 0.1) is 11.3 Å². The number of aromatic carboxylic acids is 1. The molecule has 1 heterocycles. The van der Waals surface area contributed by atoms with Gasteiger partial charge in [0.15, 0.2) is 0 Å². The molecule has 0 saturated carbocycles. The molecule has 0 aliphatic carbocycles. The number of carbonyl (C=O) groups is 1. The zero-order chi connectivity index (χ0) is 10.9. The van der Waals surface area contributed by atoms with Crippen molar-refractivity contribution in [1.82, 2.24) is 9.78 Å². The van der Waals surface area contributed by atoms with E-state index in [1.165, 1.54) is 7.05 Å². The van der Waals surface area contributed by atoms with E-state index in [-0.39, 0.29) is 11.5 Å². The zero-order valence-corrected chi connectivity index (χ0v) is 8.31. The molecule has 0 bridgehead atoms. The van der Waals surface area contributed by atoms with Crippen molar-refractivity contribution in [3.63, 3.8) is 0 Å². The van der Waals surface area contributed by atoms with Gasteiger partial charge in [0.2, 0.25) is 0 Å². The van der Waals surface area contributed by atoms with Crippen LogP contribution in [0.2, 0.25) is 0 Å². The number of carboxylic acid groups (broad SMARTS) is 1. The molecule has 76 valence electrons. The van der Waals surface area contributed by atoms with Crippen LogP contribution in [0.1, 0.15) is 35.8 Å². The number of rotatable bonds is 2. The summed E-state index contributed by atoms with van der Waals surface area (Å²) >= 11 is 0. The zero-order valence-electron chi connectivity index (χ0n) is 8.31. The summed E-state index contributed by atoms with van der Waals surface area (Å²) < 4.78 is 1.14. The first-order chi connectivity index (χ1) is 6.43. The minimum atomic E-state index is -1.11. The van der Waals surface area contributed by atoms with Crippen LogP contribution in [0.3, 0.4) is 0 Å². The highest BCUT2D eigenvalue weighted by Gasteiger charge is 2.16. The molecule has 1 aromatic rings. The molecule has 5 heteroatoms. The van der Waals surface area contributed by atoms with E-state index < -0.39 is 11.5 Å². The van der Waals surface area contributed by atoms with Gasteiger partial charge in [-0.15, -0.1) is 0 Å². The quantitative estimate of drug-likeness (QED) is 0.751. The van der Waals surface area contributed by atoms with Gasteiger partial charge >= 0.3 is 5.97 Å². The minimum Gasteiger partial charge on any atom is -0.478 e. The number of hydrogen-bond acceptors (Lipinski definition) is 3. The van der Waals surface area contributed by atoms with Gasteiger partial charge in [0.25, 0.3) is 5.56 Å². The van der Waals surface area contributed by atoms with Crippen LogP contribution in [0.5, 0.6) is 0 Å². The van der Waals surface area contributed by atoms with Crippen LogP contribution in [0, 0.1) is 0 Å². The highest BCUT2D eigenvalue weighted by atomic mass is 16.4. The maximum Gasteiger partial charge on any atom is 0.337 e. The minimum absolute atomic E-state index is 0.0110. The maximum absolute atomic E-state index is 11.2. The van der Waals surface area contributed by atoms with Crippen LogP contribution in [0.25, 0.3) is 0 Å². The summed E-state index contributed by atoms with van der Waals surface area (Å²) in [5, 5.41) is 12.8. The molecule has 0 amide bonds. The summed E-state index contributed by atoms with van der Waals surface area (Å²) in [6.45, 7) is 3.67. The molecule has 0 spiro atoms. The van der Waals surface area contributed by atoms with Crippen LogP contribution in [0.15, 0.2) is 10.9 Å². The lowest BCUT2D eigenvalue weighted by molar-refractivity contribution is 0.0694. The van der Waals surface area contributed by atoms with E-state index in [0.717, 1.165) is 10.7 Å². The van der Waals surface area contributed by atoms with E-state index in [1.54, 1.807) is 0 Å². The Bertz CT molecular complexity index is 421. The summed E-state index contributed by atoms with van der Waals surface area (Å²) in [5.41, 5.74) is 0.00880. The lowest BCUT2D eigenvalue weighted by Gasteiger charge is -2.08. The van der Waals surface area contributed by atoms with Crippen molar-refractivity contribution >= 4 is 5.97 Å². The summed E-state index contributed by atoms with van der Waals surface area (Å²) in [6.07, 6.45) is 0. The second-order valence-corrected chi connectivity index (χ2v) is 3.36. The van der Waals surface area contributed by atoms with Crippen molar-refractivity contribution in [1.29, 1.82) is 0 Å². The molecule has 1 rings (SSSR count). The Morgan fingerprint density at radius 2 is 2.14 bits per heavy atom. The van der Waals surface area contributed by atoms with Gasteiger partial charge < -0.3 is 5.11 Å². The van der Waals surface area contributed by atoms with Crippen LogP contribution >= 0.6 is 0 Å². The van der Waals surface area contributed by atoms with Crippen molar-refractivity contribution in [3.8, 4) is 0 Å². The molecule has 0 radical (unpaired) electrons. The van der Waals surface area contributed by atoms with Crippen LogP contribution < -0.4 is 5.56 Å². The molecule has 1 N–H and O–H groups in total. The molecule has 0 aliphatic rings. The van der Waals surface area contributed by atoms with Gasteiger partial charge in [0.1, 0.15) is 0 Å². The fourth-order valence-electron chi connectivity index (χ4n) is 1.15. The number of carboxylic acids is 1. The Labute approximate surface area is 81.0 Å². The molecular weight excluding hydrogens is 184 g/mol.